The van der Waals surface area contributed by atoms with Crippen molar-refractivity contribution in [2.75, 3.05) is 26.8 Å². The third-order valence-electron chi connectivity index (χ3n) is 3.80. The molecule has 0 saturated carbocycles. The average Bonchev–Trinajstić information content (AvgIpc) is 2.81. The number of methoxy groups -OCH3 is 1. The standard InChI is InChI=1S/C15H21N3O/c1-19-12-13-5-4-7-17(9-13)10-14-11-18-8-3-2-6-15(18)16-14/h2-3,6,8,11,13H,4-5,7,9-10,12H2,1H3/t13-/m0/s1. The molecule has 1 aliphatic heterocycles. The Hall–Kier alpha value is -1.39. The zero-order valence-corrected chi connectivity index (χ0v) is 11.5. The fourth-order valence-electron chi connectivity index (χ4n) is 2.96. The van der Waals surface area contributed by atoms with Gasteiger partial charge in [-0.05, 0) is 37.4 Å². The lowest BCUT2D eigenvalue weighted by atomic mass is 9.99. The van der Waals surface area contributed by atoms with Crippen LogP contribution in [0, 0.1) is 5.92 Å². The third-order valence-corrected chi connectivity index (χ3v) is 3.80. The molecule has 0 spiro atoms. The molecule has 1 saturated heterocycles. The summed E-state index contributed by atoms with van der Waals surface area (Å²) in [7, 11) is 1.79. The molecule has 0 radical (unpaired) electrons. The first kappa shape index (κ1) is 12.6. The Bertz CT molecular complexity index is 502. The number of hydrogen-bond acceptors (Lipinski definition) is 3. The molecule has 0 amide bonds. The van der Waals surface area contributed by atoms with Crippen molar-refractivity contribution in [2.45, 2.75) is 19.4 Å². The lowest BCUT2D eigenvalue weighted by Crippen LogP contribution is -2.36. The van der Waals surface area contributed by atoms with E-state index in [0.717, 1.165) is 31.0 Å². The molecular formula is C15H21N3O. The zero-order chi connectivity index (χ0) is 13.1. The molecule has 2 aromatic rings. The van der Waals surface area contributed by atoms with Crippen LogP contribution in [-0.4, -0.2) is 41.1 Å². The number of nitrogens with zero attached hydrogens (tertiary/aromatic N) is 3. The van der Waals surface area contributed by atoms with Gasteiger partial charge >= 0.3 is 0 Å². The molecule has 1 fully saturated rings. The molecule has 0 aliphatic carbocycles. The van der Waals surface area contributed by atoms with E-state index in [1.165, 1.54) is 19.4 Å². The zero-order valence-electron chi connectivity index (χ0n) is 11.5. The third kappa shape index (κ3) is 2.96. The van der Waals surface area contributed by atoms with Gasteiger partial charge in [0.1, 0.15) is 5.65 Å². The second-order valence-corrected chi connectivity index (χ2v) is 5.40. The number of pyridine rings is 1. The van der Waals surface area contributed by atoms with Crippen molar-refractivity contribution in [1.29, 1.82) is 0 Å². The predicted octanol–water partition coefficient (Wildman–Crippen LogP) is 2.19. The van der Waals surface area contributed by atoms with Gasteiger partial charge in [0.15, 0.2) is 0 Å². The first-order valence-electron chi connectivity index (χ1n) is 6.99. The molecule has 1 atom stereocenters. The van der Waals surface area contributed by atoms with Gasteiger partial charge in [-0.25, -0.2) is 4.98 Å². The summed E-state index contributed by atoms with van der Waals surface area (Å²) < 4.78 is 7.37. The van der Waals surface area contributed by atoms with E-state index < -0.39 is 0 Å². The van der Waals surface area contributed by atoms with E-state index in [-0.39, 0.29) is 0 Å². The first-order valence-corrected chi connectivity index (χ1v) is 6.99. The first-order chi connectivity index (χ1) is 9.35. The summed E-state index contributed by atoms with van der Waals surface area (Å²) in [4.78, 5) is 7.16. The molecule has 4 nitrogen and oxygen atoms in total. The number of rotatable bonds is 4. The maximum atomic E-state index is 5.28. The highest BCUT2D eigenvalue weighted by Crippen LogP contribution is 2.18. The van der Waals surface area contributed by atoms with Gasteiger partial charge in [-0.1, -0.05) is 6.07 Å². The molecule has 3 heterocycles. The van der Waals surface area contributed by atoms with E-state index in [0.29, 0.717) is 5.92 Å². The lowest BCUT2D eigenvalue weighted by molar-refractivity contribution is 0.0869. The molecule has 2 aromatic heterocycles. The van der Waals surface area contributed by atoms with Gasteiger partial charge in [-0.15, -0.1) is 0 Å². The molecule has 1 aliphatic rings. The van der Waals surface area contributed by atoms with E-state index in [1.54, 1.807) is 7.11 Å². The van der Waals surface area contributed by atoms with Crippen molar-refractivity contribution >= 4 is 5.65 Å². The Labute approximate surface area is 114 Å². The van der Waals surface area contributed by atoms with E-state index in [2.05, 4.69) is 26.7 Å². The summed E-state index contributed by atoms with van der Waals surface area (Å²) >= 11 is 0. The summed E-state index contributed by atoms with van der Waals surface area (Å²) in [6.45, 7) is 4.12. The van der Waals surface area contributed by atoms with Crippen LogP contribution >= 0.6 is 0 Å². The van der Waals surface area contributed by atoms with Gasteiger partial charge in [0, 0.05) is 32.6 Å². The molecule has 4 heteroatoms. The van der Waals surface area contributed by atoms with Gasteiger partial charge in [0.25, 0.3) is 0 Å². The van der Waals surface area contributed by atoms with Crippen molar-refractivity contribution < 1.29 is 4.74 Å². The minimum Gasteiger partial charge on any atom is -0.384 e. The number of hydrogen-bond donors (Lipinski definition) is 0. The largest absolute Gasteiger partial charge is 0.384 e. The normalized spacial score (nSPS) is 21.0. The number of fused-ring (bicyclic) bond motifs is 1. The smallest absolute Gasteiger partial charge is 0.137 e. The number of piperidine rings is 1. The van der Waals surface area contributed by atoms with Crippen LogP contribution in [0.15, 0.2) is 30.6 Å². The second-order valence-electron chi connectivity index (χ2n) is 5.40. The van der Waals surface area contributed by atoms with Crippen LogP contribution in [0.5, 0.6) is 0 Å². The maximum absolute atomic E-state index is 5.28. The summed E-state index contributed by atoms with van der Waals surface area (Å²) in [5.41, 5.74) is 2.19. The average molecular weight is 259 g/mol. The molecule has 0 aromatic carbocycles. The second kappa shape index (κ2) is 5.72. The molecule has 0 N–H and O–H groups in total. The molecule has 3 rings (SSSR count). The van der Waals surface area contributed by atoms with Crippen LogP contribution in [0.2, 0.25) is 0 Å². The highest BCUT2D eigenvalue weighted by molar-refractivity contribution is 5.39. The van der Waals surface area contributed by atoms with Gasteiger partial charge in [0.05, 0.1) is 12.3 Å². The molecular weight excluding hydrogens is 238 g/mol. The van der Waals surface area contributed by atoms with Crippen molar-refractivity contribution in [3.05, 3.63) is 36.3 Å². The van der Waals surface area contributed by atoms with Gasteiger partial charge in [-0.3, -0.25) is 4.90 Å². The number of imidazole rings is 1. The Morgan fingerprint density at radius 1 is 1.42 bits per heavy atom. The Kier molecular flexibility index (Phi) is 3.80. The maximum Gasteiger partial charge on any atom is 0.137 e. The number of likely N-dealkylation sites (tertiary alicyclic amines) is 1. The fourth-order valence-corrected chi connectivity index (χ4v) is 2.96. The van der Waals surface area contributed by atoms with Crippen LogP contribution in [0.25, 0.3) is 5.65 Å². The van der Waals surface area contributed by atoms with Crippen molar-refractivity contribution in [3.8, 4) is 0 Å². The van der Waals surface area contributed by atoms with Crippen molar-refractivity contribution in [1.82, 2.24) is 14.3 Å². The van der Waals surface area contributed by atoms with E-state index in [1.807, 2.05) is 18.2 Å². The lowest BCUT2D eigenvalue weighted by Gasteiger charge is -2.31. The minimum absolute atomic E-state index is 0.677. The topological polar surface area (TPSA) is 29.8 Å². The van der Waals surface area contributed by atoms with Crippen LogP contribution in [-0.2, 0) is 11.3 Å². The monoisotopic (exact) mass is 259 g/mol. The van der Waals surface area contributed by atoms with Crippen LogP contribution < -0.4 is 0 Å². The van der Waals surface area contributed by atoms with Crippen LogP contribution in [0.3, 0.4) is 0 Å². The number of ether oxygens (including phenoxy) is 1. The van der Waals surface area contributed by atoms with Crippen LogP contribution in [0.1, 0.15) is 18.5 Å². The predicted molar refractivity (Wildman–Crippen MR) is 75.1 cm³/mol. The minimum atomic E-state index is 0.677. The van der Waals surface area contributed by atoms with E-state index in [4.69, 9.17) is 4.74 Å². The van der Waals surface area contributed by atoms with Gasteiger partial charge in [-0.2, -0.15) is 0 Å². The van der Waals surface area contributed by atoms with Gasteiger partial charge < -0.3 is 9.14 Å². The number of aromatic nitrogens is 2. The van der Waals surface area contributed by atoms with Crippen molar-refractivity contribution in [2.24, 2.45) is 5.92 Å². The quantitative estimate of drug-likeness (QED) is 0.843. The molecule has 102 valence electrons. The molecule has 0 bridgehead atoms. The Balaban J connectivity index is 1.67. The summed E-state index contributed by atoms with van der Waals surface area (Å²) in [6, 6.07) is 6.11. The van der Waals surface area contributed by atoms with Gasteiger partial charge in [0.2, 0.25) is 0 Å². The van der Waals surface area contributed by atoms with Crippen molar-refractivity contribution in [3.63, 3.8) is 0 Å². The SMILES string of the molecule is COC[C@H]1CCCN(Cc2cn3ccccc3n2)C1. The molecule has 0 unspecified atom stereocenters. The highest BCUT2D eigenvalue weighted by Gasteiger charge is 2.20. The summed E-state index contributed by atoms with van der Waals surface area (Å²) in [5, 5.41) is 0. The summed E-state index contributed by atoms with van der Waals surface area (Å²) in [6.07, 6.45) is 6.74. The fraction of sp³-hybridized carbons (Fsp3) is 0.533. The Morgan fingerprint density at radius 2 is 2.37 bits per heavy atom. The Morgan fingerprint density at radius 3 is 3.21 bits per heavy atom. The highest BCUT2D eigenvalue weighted by atomic mass is 16.5. The van der Waals surface area contributed by atoms with E-state index >= 15 is 0 Å². The summed E-state index contributed by atoms with van der Waals surface area (Å²) in [5.74, 6) is 0.677. The van der Waals surface area contributed by atoms with Crippen LogP contribution in [0.4, 0.5) is 0 Å². The molecule has 19 heavy (non-hydrogen) atoms. The van der Waals surface area contributed by atoms with E-state index in [9.17, 15) is 0 Å².